The van der Waals surface area contributed by atoms with Gasteiger partial charge in [0.15, 0.2) is 0 Å². The first-order valence-corrected chi connectivity index (χ1v) is 11.3. The first-order valence-electron chi connectivity index (χ1n) is 11.3. The molecule has 0 bridgehead atoms. The predicted molar refractivity (Wildman–Crippen MR) is 123 cm³/mol. The number of pyridine rings is 1. The number of ether oxygens (including phenoxy) is 2. The predicted octanol–water partition coefficient (Wildman–Crippen LogP) is 2.43. The molecule has 1 aromatic carbocycles. The number of hydrogen-bond acceptors (Lipinski definition) is 6. The van der Waals surface area contributed by atoms with Gasteiger partial charge in [-0.05, 0) is 58.1 Å². The van der Waals surface area contributed by atoms with Crippen LogP contribution in [-0.2, 0) is 4.79 Å². The highest BCUT2D eigenvalue weighted by Crippen LogP contribution is 2.34. The molecule has 1 aromatic heterocycles. The van der Waals surface area contributed by atoms with E-state index in [0.29, 0.717) is 53.6 Å². The third-order valence-corrected chi connectivity index (χ3v) is 5.95. The molecule has 2 heterocycles. The summed E-state index contributed by atoms with van der Waals surface area (Å²) in [7, 11) is 0. The summed E-state index contributed by atoms with van der Waals surface area (Å²) in [5.41, 5.74) is 5.43. The van der Waals surface area contributed by atoms with E-state index < -0.39 is 11.5 Å². The van der Waals surface area contributed by atoms with Crippen molar-refractivity contribution in [1.29, 1.82) is 0 Å². The van der Waals surface area contributed by atoms with Crippen LogP contribution in [0.15, 0.2) is 18.3 Å². The van der Waals surface area contributed by atoms with Gasteiger partial charge in [0.1, 0.15) is 18.0 Å². The quantitative estimate of drug-likeness (QED) is 0.580. The number of carbonyl (C=O) groups excluding carboxylic acids is 2. The molecule has 4 N–H and O–H groups in total. The Morgan fingerprint density at radius 3 is 2.73 bits per heavy atom. The average Bonchev–Trinajstić information content (AvgIpc) is 3.38. The molecule has 1 unspecified atom stereocenters. The minimum atomic E-state index is -1.00. The van der Waals surface area contributed by atoms with Crippen molar-refractivity contribution in [3.63, 3.8) is 0 Å². The highest BCUT2D eigenvalue weighted by atomic mass is 16.5. The lowest BCUT2D eigenvalue weighted by atomic mass is 10.00. The minimum absolute atomic E-state index is 0.00982. The summed E-state index contributed by atoms with van der Waals surface area (Å²) in [5.74, 6) is 6.13. The number of nitrogens with zero attached hydrogens (tertiary/aromatic N) is 1. The second kappa shape index (κ2) is 9.28. The maximum absolute atomic E-state index is 12.2. The van der Waals surface area contributed by atoms with Gasteiger partial charge in [0.2, 0.25) is 11.8 Å². The number of amides is 2. The Morgan fingerprint density at radius 1 is 1.33 bits per heavy atom. The normalized spacial score (nSPS) is 19.3. The number of aromatic nitrogens is 1. The molecule has 1 saturated heterocycles. The van der Waals surface area contributed by atoms with Crippen molar-refractivity contribution in [2.45, 2.75) is 70.1 Å². The second-order valence-corrected chi connectivity index (χ2v) is 9.00. The van der Waals surface area contributed by atoms with E-state index in [1.165, 1.54) is 0 Å². The molecule has 2 amide bonds. The van der Waals surface area contributed by atoms with Gasteiger partial charge in [0.25, 0.3) is 5.91 Å². The molecular formula is C25H29N3O5. The molecule has 2 fully saturated rings. The minimum Gasteiger partial charge on any atom is -0.490 e. The molecule has 1 aliphatic heterocycles. The Hall–Kier alpha value is -3.31. The number of fused-ring (bicyclic) bond motifs is 1. The van der Waals surface area contributed by atoms with Crippen LogP contribution in [0.2, 0.25) is 0 Å². The van der Waals surface area contributed by atoms with Crippen LogP contribution >= 0.6 is 0 Å². The van der Waals surface area contributed by atoms with E-state index in [-0.39, 0.29) is 30.2 Å². The second-order valence-electron chi connectivity index (χ2n) is 9.00. The molecule has 8 nitrogen and oxygen atoms in total. The largest absolute Gasteiger partial charge is 0.490 e. The fourth-order valence-electron chi connectivity index (χ4n) is 4.25. The first-order chi connectivity index (χ1) is 15.7. The van der Waals surface area contributed by atoms with Gasteiger partial charge >= 0.3 is 0 Å². The zero-order valence-corrected chi connectivity index (χ0v) is 18.9. The van der Waals surface area contributed by atoms with Crippen molar-refractivity contribution < 1.29 is 24.2 Å². The van der Waals surface area contributed by atoms with Crippen LogP contribution in [0.5, 0.6) is 11.6 Å². The van der Waals surface area contributed by atoms with E-state index in [4.69, 9.17) is 15.2 Å². The highest BCUT2D eigenvalue weighted by molar-refractivity contribution is 6.03. The Morgan fingerprint density at radius 2 is 2.09 bits per heavy atom. The third-order valence-electron chi connectivity index (χ3n) is 5.95. The molecule has 33 heavy (non-hydrogen) atoms. The van der Waals surface area contributed by atoms with Gasteiger partial charge in [-0.15, -0.1) is 0 Å². The van der Waals surface area contributed by atoms with Crippen LogP contribution in [-0.4, -0.2) is 46.3 Å². The van der Waals surface area contributed by atoms with Crippen LogP contribution in [0.4, 0.5) is 0 Å². The highest BCUT2D eigenvalue weighted by Gasteiger charge is 2.29. The Bertz CT molecular complexity index is 1140. The lowest BCUT2D eigenvalue weighted by molar-refractivity contribution is -0.119. The maximum Gasteiger partial charge on any atom is 0.252 e. The van der Waals surface area contributed by atoms with Gasteiger partial charge in [0.05, 0.1) is 23.3 Å². The fourth-order valence-corrected chi connectivity index (χ4v) is 4.25. The van der Waals surface area contributed by atoms with Crippen LogP contribution in [0.3, 0.4) is 0 Å². The van der Waals surface area contributed by atoms with E-state index in [0.717, 1.165) is 12.8 Å². The summed E-state index contributed by atoms with van der Waals surface area (Å²) in [6.07, 6.45) is 5.74. The van der Waals surface area contributed by atoms with Crippen LogP contribution in [0, 0.1) is 11.8 Å². The molecule has 0 spiro atoms. The van der Waals surface area contributed by atoms with Gasteiger partial charge in [-0.1, -0.05) is 11.8 Å². The Balaban J connectivity index is 1.78. The summed E-state index contributed by atoms with van der Waals surface area (Å²) < 4.78 is 11.8. The lowest BCUT2D eigenvalue weighted by Gasteiger charge is -2.17. The Kier molecular flexibility index (Phi) is 6.43. The number of carbonyl (C=O) groups is 2. The summed E-state index contributed by atoms with van der Waals surface area (Å²) in [6.45, 7) is 3.99. The van der Waals surface area contributed by atoms with Gasteiger partial charge in [-0.2, -0.15) is 0 Å². The number of primary amides is 1. The molecule has 1 saturated carbocycles. The van der Waals surface area contributed by atoms with Gasteiger partial charge < -0.3 is 25.6 Å². The molecule has 2 aliphatic rings. The standard InChI is InChI=1S/C25H29N3O5/c1-15(2)33-21-12-19-18(11-20(21)23(26)30)16(7-10-25(31)8-3-4-9-25)13-27-24(19)32-14-17-5-6-22(29)28-17/h11-13,15,17,31H,3-6,8-9,14H2,1-2H3,(H2,26,30)(H,28,29). The van der Waals surface area contributed by atoms with Crippen LogP contribution < -0.4 is 20.5 Å². The van der Waals surface area contributed by atoms with Crippen molar-refractivity contribution in [2.24, 2.45) is 5.73 Å². The number of nitrogens with two attached hydrogens (primary N) is 1. The fraction of sp³-hybridized carbons (Fsp3) is 0.480. The average molecular weight is 452 g/mol. The summed E-state index contributed by atoms with van der Waals surface area (Å²) >= 11 is 0. The number of rotatable bonds is 6. The Labute approximate surface area is 192 Å². The van der Waals surface area contributed by atoms with Gasteiger partial charge in [-0.3, -0.25) is 9.59 Å². The molecular weight excluding hydrogens is 422 g/mol. The van der Waals surface area contributed by atoms with E-state index in [1.807, 2.05) is 13.8 Å². The number of nitrogens with one attached hydrogen (secondary N) is 1. The molecule has 4 rings (SSSR count). The molecule has 2 aromatic rings. The van der Waals surface area contributed by atoms with E-state index in [1.54, 1.807) is 18.3 Å². The SMILES string of the molecule is CC(C)Oc1cc2c(OCC3CCC(=O)N3)ncc(C#CC3(O)CCCC3)c2cc1C(N)=O. The summed E-state index contributed by atoms with van der Waals surface area (Å²) in [5, 5.41) is 14.8. The van der Waals surface area contributed by atoms with E-state index in [9.17, 15) is 14.7 Å². The number of hydrogen-bond donors (Lipinski definition) is 3. The maximum atomic E-state index is 12.2. The number of aliphatic hydroxyl groups is 1. The van der Waals surface area contributed by atoms with Crippen molar-refractivity contribution in [2.75, 3.05) is 6.61 Å². The summed E-state index contributed by atoms with van der Waals surface area (Å²) in [6, 6.07) is 3.26. The molecule has 174 valence electrons. The summed E-state index contributed by atoms with van der Waals surface area (Å²) in [4.78, 5) is 28.1. The smallest absolute Gasteiger partial charge is 0.252 e. The van der Waals surface area contributed by atoms with E-state index >= 15 is 0 Å². The van der Waals surface area contributed by atoms with Gasteiger partial charge in [0, 0.05) is 23.4 Å². The lowest BCUT2D eigenvalue weighted by Crippen LogP contribution is -2.31. The zero-order chi connectivity index (χ0) is 23.6. The molecule has 8 heteroatoms. The van der Waals surface area contributed by atoms with Gasteiger partial charge in [-0.25, -0.2) is 4.98 Å². The topological polar surface area (TPSA) is 124 Å². The van der Waals surface area contributed by atoms with Crippen molar-refractivity contribution in [1.82, 2.24) is 10.3 Å². The monoisotopic (exact) mass is 451 g/mol. The molecule has 0 radical (unpaired) electrons. The molecule has 1 aliphatic carbocycles. The van der Waals surface area contributed by atoms with Crippen molar-refractivity contribution >= 4 is 22.6 Å². The first kappa shape index (κ1) is 22.9. The number of benzene rings is 1. The zero-order valence-electron chi connectivity index (χ0n) is 18.9. The van der Waals surface area contributed by atoms with Crippen LogP contribution in [0.25, 0.3) is 10.8 Å². The van der Waals surface area contributed by atoms with Crippen molar-refractivity contribution in [3.8, 4) is 23.5 Å². The van der Waals surface area contributed by atoms with Crippen molar-refractivity contribution in [3.05, 3.63) is 29.5 Å². The van der Waals surface area contributed by atoms with E-state index in [2.05, 4.69) is 22.1 Å². The van der Waals surface area contributed by atoms with Crippen LogP contribution in [0.1, 0.15) is 68.3 Å². The third kappa shape index (κ3) is 5.20. The molecule has 1 atom stereocenters.